The summed E-state index contributed by atoms with van der Waals surface area (Å²) in [6, 6.07) is 4.76. The van der Waals surface area contributed by atoms with Gasteiger partial charge >= 0.3 is 5.97 Å². The third kappa shape index (κ3) is 5.51. The number of hydrogen-bond donors (Lipinski definition) is 1. The Bertz CT molecular complexity index is 404. The number of carboxylic acid groups (broad SMARTS) is 1. The Hall–Kier alpha value is -1.07. The molecule has 0 aliphatic heterocycles. The van der Waals surface area contributed by atoms with Crippen molar-refractivity contribution in [2.75, 3.05) is 19.8 Å². The van der Waals surface area contributed by atoms with E-state index in [9.17, 15) is 4.79 Å². The molecule has 0 aliphatic carbocycles. The lowest BCUT2D eigenvalue weighted by Crippen LogP contribution is -2.10. The van der Waals surface area contributed by atoms with Gasteiger partial charge < -0.3 is 14.6 Å². The molecule has 0 atom stereocenters. The van der Waals surface area contributed by atoms with Crippen molar-refractivity contribution in [2.24, 2.45) is 5.92 Å². The molecule has 1 aromatic rings. The maximum Gasteiger partial charge on any atom is 0.335 e. The normalized spacial score (nSPS) is 10.7. The number of halogens is 1. The molecule has 0 fully saturated rings. The van der Waals surface area contributed by atoms with Crippen molar-refractivity contribution in [1.29, 1.82) is 0 Å². The summed E-state index contributed by atoms with van der Waals surface area (Å²) in [6.07, 6.45) is 0. The lowest BCUT2D eigenvalue weighted by Gasteiger charge is -2.09. The Labute approximate surface area is 115 Å². The zero-order valence-corrected chi connectivity index (χ0v) is 12.1. The highest BCUT2D eigenvalue weighted by atomic mass is 79.9. The molecule has 18 heavy (non-hydrogen) atoms. The maximum atomic E-state index is 10.9. The molecule has 5 heteroatoms. The second kappa shape index (κ2) is 7.38. The average Bonchev–Trinajstić information content (AvgIpc) is 2.27. The fourth-order valence-corrected chi connectivity index (χ4v) is 1.78. The van der Waals surface area contributed by atoms with Crippen molar-refractivity contribution in [3.63, 3.8) is 0 Å². The third-order valence-electron chi connectivity index (χ3n) is 2.07. The third-order valence-corrected chi connectivity index (χ3v) is 2.52. The number of benzene rings is 1. The molecule has 0 unspecified atom stereocenters. The van der Waals surface area contributed by atoms with Gasteiger partial charge in [0.2, 0.25) is 0 Å². The summed E-state index contributed by atoms with van der Waals surface area (Å²) in [4.78, 5) is 10.9. The fourth-order valence-electron chi connectivity index (χ4n) is 1.31. The van der Waals surface area contributed by atoms with Crippen LogP contribution in [0.25, 0.3) is 0 Å². The Morgan fingerprint density at radius 3 is 2.67 bits per heavy atom. The number of aromatic carboxylic acids is 1. The van der Waals surface area contributed by atoms with Crippen LogP contribution in [-0.4, -0.2) is 30.9 Å². The second-order valence-corrected chi connectivity index (χ2v) is 5.21. The van der Waals surface area contributed by atoms with Gasteiger partial charge in [-0.1, -0.05) is 29.8 Å². The van der Waals surface area contributed by atoms with E-state index < -0.39 is 5.97 Å². The van der Waals surface area contributed by atoms with Crippen molar-refractivity contribution in [3.8, 4) is 5.75 Å². The molecule has 0 amide bonds. The molecule has 1 rings (SSSR count). The van der Waals surface area contributed by atoms with E-state index in [4.69, 9.17) is 14.6 Å². The first kappa shape index (κ1) is 15.0. The molecule has 0 saturated heterocycles. The van der Waals surface area contributed by atoms with Gasteiger partial charge in [-0.25, -0.2) is 4.79 Å². The van der Waals surface area contributed by atoms with Crippen molar-refractivity contribution in [2.45, 2.75) is 13.8 Å². The first-order chi connectivity index (χ1) is 8.49. The number of carboxylic acids is 1. The molecule has 1 N–H and O–H groups in total. The van der Waals surface area contributed by atoms with Crippen LogP contribution in [0, 0.1) is 5.92 Å². The molecular weight excluding hydrogens is 300 g/mol. The van der Waals surface area contributed by atoms with E-state index in [0.717, 1.165) is 0 Å². The summed E-state index contributed by atoms with van der Waals surface area (Å²) in [5, 5.41) is 8.90. The van der Waals surface area contributed by atoms with E-state index >= 15 is 0 Å². The lowest BCUT2D eigenvalue weighted by molar-refractivity contribution is 0.0695. The lowest BCUT2D eigenvalue weighted by atomic mass is 10.2. The van der Waals surface area contributed by atoms with Crippen molar-refractivity contribution in [1.82, 2.24) is 0 Å². The van der Waals surface area contributed by atoms with E-state index in [0.29, 0.717) is 36.0 Å². The smallest absolute Gasteiger partial charge is 0.335 e. The van der Waals surface area contributed by atoms with Gasteiger partial charge in [-0.3, -0.25) is 0 Å². The minimum atomic E-state index is -0.975. The van der Waals surface area contributed by atoms with E-state index in [1.54, 1.807) is 6.07 Å². The standard InChI is InChI=1S/C13H17BrO4/c1-9(2)8-17-3-4-18-12-6-10(13(15)16)5-11(14)7-12/h5-7,9H,3-4,8H2,1-2H3,(H,15,16). The number of carbonyl (C=O) groups is 1. The van der Waals surface area contributed by atoms with Crippen molar-refractivity contribution in [3.05, 3.63) is 28.2 Å². The van der Waals surface area contributed by atoms with Crippen LogP contribution < -0.4 is 4.74 Å². The van der Waals surface area contributed by atoms with Crippen LogP contribution in [-0.2, 0) is 4.74 Å². The van der Waals surface area contributed by atoms with Crippen molar-refractivity contribution >= 4 is 21.9 Å². The summed E-state index contributed by atoms with van der Waals surface area (Å²) in [5.74, 6) is 0.0432. The molecule has 1 aromatic carbocycles. The summed E-state index contributed by atoms with van der Waals surface area (Å²) in [5.41, 5.74) is 0.197. The maximum absolute atomic E-state index is 10.9. The van der Waals surface area contributed by atoms with Gasteiger partial charge in [0.05, 0.1) is 12.2 Å². The topological polar surface area (TPSA) is 55.8 Å². The summed E-state index contributed by atoms with van der Waals surface area (Å²) in [7, 11) is 0. The number of hydrogen-bond acceptors (Lipinski definition) is 3. The Morgan fingerprint density at radius 1 is 1.33 bits per heavy atom. The van der Waals surface area contributed by atoms with Crippen molar-refractivity contribution < 1.29 is 19.4 Å². The molecule has 100 valence electrons. The minimum absolute atomic E-state index is 0.197. The predicted octanol–water partition coefficient (Wildman–Crippen LogP) is 3.20. The van der Waals surface area contributed by atoms with Gasteiger partial charge in [0.25, 0.3) is 0 Å². The second-order valence-electron chi connectivity index (χ2n) is 4.30. The first-order valence-electron chi connectivity index (χ1n) is 5.73. The quantitative estimate of drug-likeness (QED) is 0.785. The highest BCUT2D eigenvalue weighted by Crippen LogP contribution is 2.21. The Morgan fingerprint density at radius 2 is 2.06 bits per heavy atom. The minimum Gasteiger partial charge on any atom is -0.491 e. The molecule has 0 radical (unpaired) electrons. The summed E-state index contributed by atoms with van der Waals surface area (Å²) >= 11 is 3.25. The highest BCUT2D eigenvalue weighted by Gasteiger charge is 2.06. The highest BCUT2D eigenvalue weighted by molar-refractivity contribution is 9.10. The van der Waals surface area contributed by atoms with Crippen LogP contribution in [0.2, 0.25) is 0 Å². The SMILES string of the molecule is CC(C)COCCOc1cc(Br)cc(C(=O)O)c1. The zero-order valence-electron chi connectivity index (χ0n) is 10.5. The van der Waals surface area contributed by atoms with Gasteiger partial charge in [-0.15, -0.1) is 0 Å². The van der Waals surface area contributed by atoms with E-state index in [2.05, 4.69) is 29.8 Å². The average molecular weight is 317 g/mol. The molecule has 4 nitrogen and oxygen atoms in total. The van der Waals surface area contributed by atoms with Gasteiger partial charge in [0.1, 0.15) is 12.4 Å². The van der Waals surface area contributed by atoms with Gasteiger partial charge in [-0.05, 0) is 24.1 Å². The summed E-state index contributed by atoms with van der Waals surface area (Å²) < 4.78 is 11.5. The van der Waals surface area contributed by atoms with Gasteiger partial charge in [-0.2, -0.15) is 0 Å². The monoisotopic (exact) mass is 316 g/mol. The summed E-state index contributed by atoms with van der Waals surface area (Å²) in [6.45, 7) is 5.75. The van der Waals surface area contributed by atoms with Crippen LogP contribution in [0.5, 0.6) is 5.75 Å². The molecule has 0 bridgehead atoms. The first-order valence-corrected chi connectivity index (χ1v) is 6.52. The predicted molar refractivity (Wildman–Crippen MR) is 72.3 cm³/mol. The van der Waals surface area contributed by atoms with Crippen LogP contribution >= 0.6 is 15.9 Å². The zero-order chi connectivity index (χ0) is 13.5. The van der Waals surface area contributed by atoms with E-state index in [1.165, 1.54) is 12.1 Å². The molecule has 0 spiro atoms. The Kier molecular flexibility index (Phi) is 6.15. The van der Waals surface area contributed by atoms with Crippen LogP contribution in [0.3, 0.4) is 0 Å². The molecule has 0 heterocycles. The molecular formula is C13H17BrO4. The molecule has 0 aliphatic rings. The molecule has 0 saturated carbocycles. The molecule has 0 aromatic heterocycles. The largest absolute Gasteiger partial charge is 0.491 e. The van der Waals surface area contributed by atoms with Crippen LogP contribution in [0.15, 0.2) is 22.7 Å². The van der Waals surface area contributed by atoms with E-state index in [1.807, 2.05) is 0 Å². The van der Waals surface area contributed by atoms with Crippen LogP contribution in [0.4, 0.5) is 0 Å². The Balaban J connectivity index is 2.44. The number of rotatable bonds is 7. The van der Waals surface area contributed by atoms with Gasteiger partial charge in [0.15, 0.2) is 0 Å². The number of ether oxygens (including phenoxy) is 2. The van der Waals surface area contributed by atoms with Crippen LogP contribution in [0.1, 0.15) is 24.2 Å². The van der Waals surface area contributed by atoms with Gasteiger partial charge in [0, 0.05) is 11.1 Å². The van der Waals surface area contributed by atoms with E-state index in [-0.39, 0.29) is 5.56 Å². The fraction of sp³-hybridized carbons (Fsp3) is 0.462.